The van der Waals surface area contributed by atoms with Gasteiger partial charge in [0.25, 0.3) is 5.91 Å². The van der Waals surface area contributed by atoms with Crippen LogP contribution in [-0.2, 0) is 29.2 Å². The van der Waals surface area contributed by atoms with E-state index in [4.69, 9.17) is 21.4 Å². The van der Waals surface area contributed by atoms with Crippen LogP contribution in [0.15, 0.2) is 66.3 Å². The van der Waals surface area contributed by atoms with Crippen molar-refractivity contribution in [1.82, 2.24) is 35.3 Å². The fraction of sp³-hybridized carbons (Fsp3) is 0.425. The molecule has 1 aromatic heterocycles. The molecule has 0 radical (unpaired) electrons. The van der Waals surface area contributed by atoms with Crippen LogP contribution in [0.25, 0.3) is 5.70 Å². The van der Waals surface area contributed by atoms with Crippen LogP contribution in [0.2, 0.25) is 0 Å². The van der Waals surface area contributed by atoms with E-state index in [1.54, 1.807) is 23.1 Å². The second kappa shape index (κ2) is 14.1. The maximum Gasteiger partial charge on any atom is 0.255 e. The molecule has 3 saturated heterocycles. The van der Waals surface area contributed by atoms with Gasteiger partial charge in [-0.15, -0.1) is 0 Å². The van der Waals surface area contributed by atoms with Crippen LogP contribution in [0.3, 0.4) is 0 Å². The Morgan fingerprint density at radius 1 is 0.945 bits per heavy atom. The Morgan fingerprint density at radius 2 is 1.78 bits per heavy atom. The second-order valence-electron chi connectivity index (χ2n) is 15.6. The third-order valence-electron chi connectivity index (χ3n) is 12.1. The molecule has 9 rings (SSSR count). The minimum atomic E-state index is -0.602. The van der Waals surface area contributed by atoms with Crippen molar-refractivity contribution >= 4 is 35.1 Å². The van der Waals surface area contributed by atoms with E-state index in [1.165, 1.54) is 5.56 Å². The first-order valence-corrected chi connectivity index (χ1v) is 19.3. The van der Waals surface area contributed by atoms with Crippen LogP contribution < -0.4 is 31.9 Å². The van der Waals surface area contributed by atoms with Gasteiger partial charge in [0, 0.05) is 106 Å². The Hall–Kier alpha value is -5.83. The number of allylic oxidation sites excluding steroid dienone is 1. The van der Waals surface area contributed by atoms with E-state index in [9.17, 15) is 19.5 Å². The lowest BCUT2D eigenvalue weighted by molar-refractivity contribution is -0.136. The minimum Gasteiger partial charge on any atom is -0.507 e. The van der Waals surface area contributed by atoms with Gasteiger partial charge in [-0.3, -0.25) is 24.6 Å². The molecule has 0 spiro atoms. The van der Waals surface area contributed by atoms with Gasteiger partial charge in [0.05, 0.1) is 17.4 Å². The Bertz CT molecular complexity index is 2110. The summed E-state index contributed by atoms with van der Waals surface area (Å²) in [6.07, 6.45) is 6.58. The smallest absolute Gasteiger partial charge is 0.255 e. The summed E-state index contributed by atoms with van der Waals surface area (Å²) in [5.41, 5.74) is 19.6. The number of nitrogens with one attached hydrogen (secondary N) is 2. The summed E-state index contributed by atoms with van der Waals surface area (Å²) >= 11 is 0. The average Bonchev–Trinajstić information content (AvgIpc) is 3.75. The number of phenols is 1. The van der Waals surface area contributed by atoms with Crippen LogP contribution in [0.1, 0.15) is 58.4 Å². The topological polar surface area (TPSA) is 190 Å². The number of carbonyl (C=O) groups is 3. The highest BCUT2D eigenvalue weighted by molar-refractivity contribution is 6.05. The molecule has 3 aromatic rings. The highest BCUT2D eigenvalue weighted by Gasteiger charge is 2.40. The van der Waals surface area contributed by atoms with Crippen molar-refractivity contribution in [2.45, 2.75) is 57.4 Å². The first kappa shape index (κ1) is 34.9. The predicted octanol–water partition coefficient (Wildman–Crippen LogP) is 1.40. The molecule has 286 valence electrons. The molecule has 55 heavy (non-hydrogen) atoms. The average molecular weight is 746 g/mol. The van der Waals surface area contributed by atoms with Crippen LogP contribution in [-0.4, -0.2) is 105 Å². The van der Waals surface area contributed by atoms with Gasteiger partial charge in [0.15, 0.2) is 0 Å². The van der Waals surface area contributed by atoms with Crippen molar-refractivity contribution < 1.29 is 19.5 Å². The quantitative estimate of drug-likeness (QED) is 0.219. The molecule has 2 aromatic carbocycles. The Balaban J connectivity index is 0.780. The largest absolute Gasteiger partial charge is 0.507 e. The molecule has 2 unspecified atom stereocenters. The number of nitrogens with zero attached hydrogens (tertiary/aromatic N) is 7. The van der Waals surface area contributed by atoms with Gasteiger partial charge < -0.3 is 41.5 Å². The number of benzene rings is 2. The van der Waals surface area contributed by atoms with Gasteiger partial charge in [-0.05, 0) is 61.1 Å². The van der Waals surface area contributed by atoms with Crippen LogP contribution >= 0.6 is 0 Å². The third-order valence-corrected chi connectivity index (χ3v) is 12.1. The van der Waals surface area contributed by atoms with E-state index in [-0.39, 0.29) is 35.9 Å². The molecule has 0 aliphatic carbocycles. The number of hydrogen-bond donors (Lipinski definition) is 5. The zero-order chi connectivity index (χ0) is 37.8. The van der Waals surface area contributed by atoms with Gasteiger partial charge in [-0.25, -0.2) is 9.97 Å². The summed E-state index contributed by atoms with van der Waals surface area (Å²) < 4.78 is 0. The summed E-state index contributed by atoms with van der Waals surface area (Å²) in [6.45, 7) is 7.82. The van der Waals surface area contributed by atoms with Crippen LogP contribution in [0, 0.1) is 5.92 Å². The maximum absolute atomic E-state index is 13.4. The summed E-state index contributed by atoms with van der Waals surface area (Å²) in [4.78, 5) is 58.4. The summed E-state index contributed by atoms with van der Waals surface area (Å²) in [7, 11) is 0. The number of hydrogen-bond acceptors (Lipinski definition) is 13. The Labute approximate surface area is 319 Å². The number of aromatic hydroxyl groups is 1. The number of fused-ring (bicyclic) bond motifs is 3. The van der Waals surface area contributed by atoms with E-state index in [0.29, 0.717) is 48.1 Å². The zero-order valence-corrected chi connectivity index (χ0v) is 30.8. The molecule has 7 heterocycles. The molecule has 3 fully saturated rings. The number of para-hydroxylation sites is 1. The molecule has 0 bridgehead atoms. The third kappa shape index (κ3) is 6.66. The predicted molar refractivity (Wildman–Crippen MR) is 206 cm³/mol. The molecule has 6 aliphatic heterocycles. The van der Waals surface area contributed by atoms with E-state index in [0.717, 1.165) is 93.8 Å². The number of anilines is 2. The van der Waals surface area contributed by atoms with Crippen molar-refractivity contribution in [2.75, 3.05) is 55.6 Å². The van der Waals surface area contributed by atoms with Crippen LogP contribution in [0.5, 0.6) is 5.75 Å². The molecular weight excluding hydrogens is 699 g/mol. The molecule has 7 N–H and O–H groups in total. The fourth-order valence-corrected chi connectivity index (χ4v) is 9.07. The second-order valence-corrected chi connectivity index (χ2v) is 15.6. The lowest BCUT2D eigenvalue weighted by Crippen LogP contribution is -2.59. The first-order chi connectivity index (χ1) is 26.7. The number of nitrogens with two attached hydrogens (primary N) is 2. The molecule has 0 saturated carbocycles. The standard InChI is InChI=1S/C40H47N11O4/c41-31(29-3-1-2-4-35(29)52)16-34-37(42)43-18-28-22-49(13-14-50(28)34)40-44-17-26-20-47(23-32(26)45-40)19-24-9-11-48(12-10-24)27-6-5-25-21-51(39(55)30(25)15-27)33-7-8-36(53)46-38(33)54/h1-6,15-17,24,28,33,43,52H,7-14,18-23,41-42H2,(H,46,53,54)/b31-16-. The van der Waals surface area contributed by atoms with E-state index in [2.05, 4.69) is 36.3 Å². The molecule has 3 amide bonds. The first-order valence-electron chi connectivity index (χ1n) is 19.3. The van der Waals surface area contributed by atoms with Crippen molar-refractivity contribution in [1.29, 1.82) is 0 Å². The summed E-state index contributed by atoms with van der Waals surface area (Å²) in [6, 6.07) is 12.7. The van der Waals surface area contributed by atoms with Crippen molar-refractivity contribution in [3.05, 3.63) is 94.2 Å². The van der Waals surface area contributed by atoms with Crippen LogP contribution in [0.4, 0.5) is 11.6 Å². The van der Waals surface area contributed by atoms with Crippen molar-refractivity contribution in [3.63, 3.8) is 0 Å². The summed E-state index contributed by atoms with van der Waals surface area (Å²) in [5, 5.41) is 16.0. The van der Waals surface area contributed by atoms with Gasteiger partial charge in [-0.1, -0.05) is 18.2 Å². The normalized spacial score (nSPS) is 23.5. The highest BCUT2D eigenvalue weighted by atomic mass is 16.3. The lowest BCUT2D eigenvalue weighted by Gasteiger charge is -2.46. The SMILES string of the molecule is NC1=C(/C=C(\N)c2ccccc2O)N2CCN(c3ncc4c(n3)CN(CC3CCN(c5ccc6c(c5)C(=O)N(C5CCC(=O)NC5=O)C6)CC3)C4)CC2CN1. The lowest BCUT2D eigenvalue weighted by atomic mass is 9.95. The number of imide groups is 1. The van der Waals surface area contributed by atoms with Gasteiger partial charge in [0.1, 0.15) is 17.6 Å². The van der Waals surface area contributed by atoms with Gasteiger partial charge >= 0.3 is 0 Å². The zero-order valence-electron chi connectivity index (χ0n) is 30.8. The van der Waals surface area contributed by atoms with Crippen molar-refractivity contribution in [2.24, 2.45) is 17.4 Å². The molecular formula is C40H47N11O4. The highest BCUT2D eigenvalue weighted by Crippen LogP contribution is 2.34. The van der Waals surface area contributed by atoms with Crippen molar-refractivity contribution in [3.8, 4) is 5.75 Å². The molecule has 15 nitrogen and oxygen atoms in total. The van der Waals surface area contributed by atoms with Gasteiger partial charge in [-0.2, -0.15) is 0 Å². The number of piperidine rings is 2. The number of carbonyl (C=O) groups excluding carboxylic acids is 3. The molecule has 6 aliphatic rings. The number of piperazine rings is 1. The van der Waals surface area contributed by atoms with E-state index in [1.807, 2.05) is 30.5 Å². The van der Waals surface area contributed by atoms with E-state index < -0.39 is 6.04 Å². The maximum atomic E-state index is 13.4. The fourth-order valence-electron chi connectivity index (χ4n) is 9.07. The Morgan fingerprint density at radius 3 is 2.60 bits per heavy atom. The summed E-state index contributed by atoms with van der Waals surface area (Å²) in [5.74, 6) is 1.23. The number of phenolic OH excluding ortho intramolecular Hbond substituents is 1. The monoisotopic (exact) mass is 745 g/mol. The minimum absolute atomic E-state index is 0.132. The Kier molecular flexibility index (Phi) is 8.95. The number of aromatic nitrogens is 2. The number of rotatable bonds is 7. The number of amides is 3. The van der Waals surface area contributed by atoms with E-state index >= 15 is 0 Å². The molecule has 15 heteroatoms. The van der Waals surface area contributed by atoms with Gasteiger partial charge in [0.2, 0.25) is 17.8 Å². The molecule has 2 atom stereocenters.